The molecular weight excluding hydrogens is 226 g/mol. The van der Waals surface area contributed by atoms with Crippen molar-refractivity contribution < 1.29 is 4.42 Å². The Balaban J connectivity index is 2.35. The molecule has 0 saturated carbocycles. The Hall–Kier alpha value is -2.10. The summed E-state index contributed by atoms with van der Waals surface area (Å²) in [5.74, 6) is 0.974. The average Bonchev–Trinajstić information content (AvgIpc) is 2.64. The largest absolute Gasteiger partial charge is 0.441 e. The van der Waals surface area contributed by atoms with Gasteiger partial charge in [0.15, 0.2) is 11.5 Å². The van der Waals surface area contributed by atoms with E-state index in [1.165, 1.54) is 0 Å². The molecule has 4 heteroatoms. The average molecular weight is 241 g/mol. The van der Waals surface area contributed by atoms with Gasteiger partial charge in [0, 0.05) is 12.3 Å². The van der Waals surface area contributed by atoms with E-state index in [0.29, 0.717) is 11.8 Å². The van der Waals surface area contributed by atoms with Crippen LogP contribution in [0.4, 0.5) is 5.69 Å². The lowest BCUT2D eigenvalue weighted by atomic mass is 10.1. The molecule has 0 fully saturated rings. The fourth-order valence-corrected chi connectivity index (χ4v) is 2.20. The molecule has 0 aliphatic heterocycles. The van der Waals surface area contributed by atoms with Gasteiger partial charge in [-0.05, 0) is 24.1 Å². The van der Waals surface area contributed by atoms with Crippen LogP contribution in [0.25, 0.3) is 22.0 Å². The number of nitrogen functional groups attached to an aromatic ring is 1. The number of aromatic nitrogens is 2. The molecule has 1 aromatic carbocycles. The topological polar surface area (TPSA) is 64.9 Å². The van der Waals surface area contributed by atoms with Crippen LogP contribution in [0, 0.1) is 6.92 Å². The van der Waals surface area contributed by atoms with Gasteiger partial charge >= 0.3 is 0 Å². The summed E-state index contributed by atoms with van der Waals surface area (Å²) in [6, 6.07) is 5.85. The lowest BCUT2D eigenvalue weighted by Gasteiger charge is -2.09. The zero-order valence-corrected chi connectivity index (χ0v) is 10.7. The maximum Gasteiger partial charge on any atom is 0.192 e. The number of aryl methyl sites for hydroxylation is 1. The van der Waals surface area contributed by atoms with Crippen molar-refractivity contribution in [3.8, 4) is 0 Å². The van der Waals surface area contributed by atoms with Crippen molar-refractivity contribution in [1.29, 1.82) is 0 Å². The maximum atomic E-state index is 6.03. The van der Waals surface area contributed by atoms with E-state index in [0.717, 1.165) is 33.4 Å². The minimum Gasteiger partial charge on any atom is -0.441 e. The molecule has 0 spiro atoms. The van der Waals surface area contributed by atoms with Crippen molar-refractivity contribution in [2.75, 3.05) is 5.73 Å². The van der Waals surface area contributed by atoms with Crippen LogP contribution in [0.1, 0.15) is 31.4 Å². The summed E-state index contributed by atoms with van der Waals surface area (Å²) in [4.78, 5) is 8.95. The number of nitrogens with zero attached hydrogens (tertiary/aromatic N) is 2. The zero-order valence-electron chi connectivity index (χ0n) is 10.7. The maximum absolute atomic E-state index is 6.03. The number of nitrogens with two attached hydrogens (primary N) is 1. The van der Waals surface area contributed by atoms with Crippen molar-refractivity contribution in [2.45, 2.75) is 26.7 Å². The minimum atomic E-state index is 0.309. The molecule has 2 N–H and O–H groups in total. The number of pyridine rings is 1. The van der Waals surface area contributed by atoms with Crippen LogP contribution in [-0.2, 0) is 0 Å². The molecule has 0 aliphatic rings. The summed E-state index contributed by atoms with van der Waals surface area (Å²) in [7, 11) is 0. The number of fused-ring (bicyclic) bond motifs is 2. The Morgan fingerprint density at radius 1 is 1.11 bits per heavy atom. The number of anilines is 1. The van der Waals surface area contributed by atoms with E-state index in [9.17, 15) is 0 Å². The molecule has 0 amide bonds. The monoisotopic (exact) mass is 241 g/mol. The highest BCUT2D eigenvalue weighted by molar-refractivity contribution is 5.93. The summed E-state index contributed by atoms with van der Waals surface area (Å²) in [5.41, 5.74) is 10.2. The molecule has 0 saturated heterocycles. The molecule has 18 heavy (non-hydrogen) atoms. The van der Waals surface area contributed by atoms with Gasteiger partial charge in [-0.25, -0.2) is 4.98 Å². The first kappa shape index (κ1) is 11.0. The van der Waals surface area contributed by atoms with Gasteiger partial charge in [-0.2, -0.15) is 0 Å². The Kier molecular flexibility index (Phi) is 2.26. The third kappa shape index (κ3) is 1.61. The molecule has 2 aromatic heterocycles. The minimum absolute atomic E-state index is 0.309. The molecule has 4 nitrogen and oxygen atoms in total. The third-order valence-corrected chi connectivity index (χ3v) is 3.04. The summed E-state index contributed by atoms with van der Waals surface area (Å²) in [6.45, 7) is 6.01. The second-order valence-electron chi connectivity index (χ2n) is 4.86. The van der Waals surface area contributed by atoms with Gasteiger partial charge < -0.3 is 10.2 Å². The van der Waals surface area contributed by atoms with E-state index in [4.69, 9.17) is 10.2 Å². The first-order valence-electron chi connectivity index (χ1n) is 6.02. The number of benzene rings is 1. The van der Waals surface area contributed by atoms with Gasteiger partial charge in [-0.15, -0.1) is 0 Å². The summed E-state index contributed by atoms with van der Waals surface area (Å²) >= 11 is 0. The summed E-state index contributed by atoms with van der Waals surface area (Å²) in [6.07, 6.45) is 0. The first-order valence-corrected chi connectivity index (χ1v) is 6.02. The van der Waals surface area contributed by atoms with Gasteiger partial charge in [0.05, 0.1) is 16.9 Å². The standard InChI is InChI=1S/C14H15N3O/c1-7(2)14-10(15)4-9-5-13-12(6-11(9)17-14)16-8(3)18-13/h4-7H,15H2,1-3H3. The Labute approximate surface area is 105 Å². The second-order valence-corrected chi connectivity index (χ2v) is 4.86. The van der Waals surface area contributed by atoms with E-state index < -0.39 is 0 Å². The predicted molar refractivity (Wildman–Crippen MR) is 72.5 cm³/mol. The fourth-order valence-electron chi connectivity index (χ4n) is 2.20. The van der Waals surface area contributed by atoms with Crippen molar-refractivity contribution >= 4 is 27.7 Å². The summed E-state index contributed by atoms with van der Waals surface area (Å²) < 4.78 is 5.51. The molecule has 2 heterocycles. The van der Waals surface area contributed by atoms with Crippen LogP contribution in [0.15, 0.2) is 22.6 Å². The van der Waals surface area contributed by atoms with Crippen molar-refractivity contribution in [3.63, 3.8) is 0 Å². The highest BCUT2D eigenvalue weighted by atomic mass is 16.3. The molecule has 0 unspecified atom stereocenters. The van der Waals surface area contributed by atoms with Crippen molar-refractivity contribution in [3.05, 3.63) is 29.8 Å². The molecular formula is C14H15N3O. The molecule has 0 atom stereocenters. The fraction of sp³-hybridized carbons (Fsp3) is 0.286. The van der Waals surface area contributed by atoms with Crippen molar-refractivity contribution in [1.82, 2.24) is 9.97 Å². The van der Waals surface area contributed by atoms with Gasteiger partial charge in [-0.1, -0.05) is 13.8 Å². The van der Waals surface area contributed by atoms with E-state index in [-0.39, 0.29) is 0 Å². The van der Waals surface area contributed by atoms with Crippen LogP contribution in [0.3, 0.4) is 0 Å². The highest BCUT2D eigenvalue weighted by Crippen LogP contribution is 2.27. The second kappa shape index (κ2) is 3.70. The Bertz CT molecular complexity index is 743. The number of hydrogen-bond acceptors (Lipinski definition) is 4. The van der Waals surface area contributed by atoms with E-state index in [1.807, 2.05) is 25.1 Å². The van der Waals surface area contributed by atoms with Crippen LogP contribution >= 0.6 is 0 Å². The van der Waals surface area contributed by atoms with Gasteiger partial charge in [0.25, 0.3) is 0 Å². The first-order chi connectivity index (χ1) is 8.54. The number of oxazole rings is 1. The quantitative estimate of drug-likeness (QED) is 0.709. The molecule has 0 aliphatic carbocycles. The number of hydrogen-bond donors (Lipinski definition) is 1. The van der Waals surface area contributed by atoms with Crippen LogP contribution in [0.2, 0.25) is 0 Å². The number of rotatable bonds is 1. The summed E-state index contributed by atoms with van der Waals surface area (Å²) in [5, 5.41) is 0.987. The van der Waals surface area contributed by atoms with Gasteiger partial charge in [0.2, 0.25) is 0 Å². The SMILES string of the molecule is Cc1nc2cc3nc(C(C)C)c(N)cc3cc2o1. The molecule has 0 bridgehead atoms. The zero-order chi connectivity index (χ0) is 12.9. The highest BCUT2D eigenvalue weighted by Gasteiger charge is 2.10. The van der Waals surface area contributed by atoms with Crippen LogP contribution < -0.4 is 5.73 Å². The van der Waals surface area contributed by atoms with Crippen LogP contribution in [0.5, 0.6) is 0 Å². The van der Waals surface area contributed by atoms with E-state index >= 15 is 0 Å². The van der Waals surface area contributed by atoms with E-state index in [1.54, 1.807) is 0 Å². The Morgan fingerprint density at radius 2 is 1.89 bits per heavy atom. The Morgan fingerprint density at radius 3 is 2.61 bits per heavy atom. The van der Waals surface area contributed by atoms with Crippen LogP contribution in [-0.4, -0.2) is 9.97 Å². The van der Waals surface area contributed by atoms with E-state index in [2.05, 4.69) is 23.8 Å². The molecule has 3 rings (SSSR count). The van der Waals surface area contributed by atoms with Gasteiger partial charge in [0.1, 0.15) is 5.52 Å². The molecule has 92 valence electrons. The molecule has 0 radical (unpaired) electrons. The van der Waals surface area contributed by atoms with Crippen molar-refractivity contribution in [2.24, 2.45) is 0 Å². The normalized spacial score (nSPS) is 11.8. The smallest absolute Gasteiger partial charge is 0.192 e. The predicted octanol–water partition coefficient (Wildman–Crippen LogP) is 3.39. The lowest BCUT2D eigenvalue weighted by Crippen LogP contribution is -2.00. The van der Waals surface area contributed by atoms with Gasteiger partial charge in [-0.3, -0.25) is 4.98 Å². The molecule has 3 aromatic rings. The third-order valence-electron chi connectivity index (χ3n) is 3.04. The lowest BCUT2D eigenvalue weighted by molar-refractivity contribution is 0.561.